The lowest BCUT2D eigenvalue weighted by Crippen LogP contribution is -2.40. The SMILES string of the molecule is CCNC(=NCC1CC1)NCCS(=O)C(C)(C)C. The predicted molar refractivity (Wildman–Crippen MR) is 79.5 cm³/mol. The van der Waals surface area contributed by atoms with Gasteiger partial charge in [0.2, 0.25) is 0 Å². The molecule has 1 atom stereocenters. The summed E-state index contributed by atoms with van der Waals surface area (Å²) in [5, 5.41) is 6.47. The summed E-state index contributed by atoms with van der Waals surface area (Å²) in [6.45, 7) is 10.6. The van der Waals surface area contributed by atoms with Gasteiger partial charge in [-0.15, -0.1) is 0 Å². The lowest BCUT2D eigenvalue weighted by Gasteiger charge is -2.18. The van der Waals surface area contributed by atoms with Crippen LogP contribution in [-0.2, 0) is 10.8 Å². The van der Waals surface area contributed by atoms with Gasteiger partial charge in [-0.3, -0.25) is 9.20 Å². The molecule has 0 aliphatic heterocycles. The Labute approximate surface area is 113 Å². The van der Waals surface area contributed by atoms with Gasteiger partial charge in [0.1, 0.15) is 0 Å². The van der Waals surface area contributed by atoms with Crippen LogP contribution in [0.1, 0.15) is 40.5 Å². The quantitative estimate of drug-likeness (QED) is 0.569. The fourth-order valence-electron chi connectivity index (χ4n) is 1.43. The summed E-state index contributed by atoms with van der Waals surface area (Å²) < 4.78 is 11.8. The molecular weight excluding hydrogens is 246 g/mol. The number of guanidine groups is 1. The zero-order chi connectivity index (χ0) is 13.6. The molecule has 5 heteroatoms. The van der Waals surface area contributed by atoms with E-state index in [0.717, 1.165) is 25.0 Å². The van der Waals surface area contributed by atoms with Crippen molar-refractivity contribution in [2.45, 2.75) is 45.3 Å². The van der Waals surface area contributed by atoms with Crippen LogP contribution in [0, 0.1) is 5.92 Å². The van der Waals surface area contributed by atoms with Gasteiger partial charge in [-0.25, -0.2) is 0 Å². The van der Waals surface area contributed by atoms with Crippen LogP contribution in [-0.4, -0.2) is 40.3 Å². The van der Waals surface area contributed by atoms with Gasteiger partial charge in [-0.1, -0.05) is 0 Å². The molecule has 0 aromatic heterocycles. The zero-order valence-electron chi connectivity index (χ0n) is 12.1. The van der Waals surface area contributed by atoms with Gasteiger partial charge in [0.05, 0.1) is 0 Å². The van der Waals surface area contributed by atoms with Gasteiger partial charge in [0.25, 0.3) is 0 Å². The van der Waals surface area contributed by atoms with E-state index in [0.29, 0.717) is 12.3 Å². The number of nitrogens with one attached hydrogen (secondary N) is 2. The Bertz CT molecular complexity index is 306. The summed E-state index contributed by atoms with van der Waals surface area (Å²) in [5.74, 6) is 2.32. The van der Waals surface area contributed by atoms with Gasteiger partial charge in [-0.2, -0.15) is 0 Å². The van der Waals surface area contributed by atoms with Gasteiger partial charge in [-0.05, 0) is 46.5 Å². The smallest absolute Gasteiger partial charge is 0.191 e. The van der Waals surface area contributed by atoms with E-state index in [-0.39, 0.29) is 4.75 Å². The molecular formula is C13H27N3OS. The van der Waals surface area contributed by atoms with Gasteiger partial charge < -0.3 is 10.6 Å². The number of aliphatic imine (C=N–C) groups is 1. The maximum Gasteiger partial charge on any atom is 0.191 e. The second-order valence-electron chi connectivity index (χ2n) is 5.75. The lowest BCUT2D eigenvalue weighted by molar-refractivity contribution is 0.647. The van der Waals surface area contributed by atoms with Gasteiger partial charge in [0, 0.05) is 40.9 Å². The first-order valence-corrected chi connectivity index (χ1v) is 8.16. The Morgan fingerprint density at radius 3 is 2.50 bits per heavy atom. The molecule has 0 amide bonds. The van der Waals surface area contributed by atoms with E-state index < -0.39 is 10.8 Å². The van der Waals surface area contributed by atoms with Crippen LogP contribution in [0.3, 0.4) is 0 Å². The highest BCUT2D eigenvalue weighted by molar-refractivity contribution is 7.86. The van der Waals surface area contributed by atoms with E-state index in [4.69, 9.17) is 0 Å². The molecule has 1 saturated carbocycles. The van der Waals surface area contributed by atoms with Crippen LogP contribution in [0.2, 0.25) is 0 Å². The third-order valence-corrected chi connectivity index (χ3v) is 4.75. The summed E-state index contributed by atoms with van der Waals surface area (Å²) in [7, 11) is -0.803. The minimum absolute atomic E-state index is 0.134. The summed E-state index contributed by atoms with van der Waals surface area (Å²) in [6, 6.07) is 0. The minimum Gasteiger partial charge on any atom is -0.357 e. The second kappa shape index (κ2) is 7.12. The highest BCUT2D eigenvalue weighted by Crippen LogP contribution is 2.28. The van der Waals surface area contributed by atoms with Crippen molar-refractivity contribution in [2.24, 2.45) is 10.9 Å². The summed E-state index contributed by atoms with van der Waals surface area (Å²) in [4.78, 5) is 4.53. The summed E-state index contributed by atoms with van der Waals surface area (Å²) >= 11 is 0. The molecule has 106 valence electrons. The minimum atomic E-state index is -0.803. The molecule has 18 heavy (non-hydrogen) atoms. The Morgan fingerprint density at radius 2 is 2.00 bits per heavy atom. The topological polar surface area (TPSA) is 53.5 Å². The second-order valence-corrected chi connectivity index (χ2v) is 8.08. The van der Waals surface area contributed by atoms with Gasteiger partial charge in [0.15, 0.2) is 5.96 Å². The Hall–Kier alpha value is -0.580. The molecule has 1 aliphatic rings. The highest BCUT2D eigenvalue weighted by atomic mass is 32.2. The van der Waals surface area contributed by atoms with E-state index in [9.17, 15) is 4.21 Å². The molecule has 0 heterocycles. The van der Waals surface area contributed by atoms with E-state index in [1.165, 1.54) is 12.8 Å². The molecule has 1 fully saturated rings. The van der Waals surface area contributed by atoms with E-state index in [1.54, 1.807) is 0 Å². The standard InChI is InChI=1S/C13H27N3OS/c1-5-14-12(16-10-11-6-7-11)15-8-9-18(17)13(2,3)4/h11H,5-10H2,1-4H3,(H2,14,15,16). The van der Waals surface area contributed by atoms with Crippen LogP contribution in [0.5, 0.6) is 0 Å². The average molecular weight is 273 g/mol. The van der Waals surface area contributed by atoms with Crippen LogP contribution in [0.25, 0.3) is 0 Å². The number of hydrogen-bond donors (Lipinski definition) is 2. The Morgan fingerprint density at radius 1 is 1.33 bits per heavy atom. The zero-order valence-corrected chi connectivity index (χ0v) is 12.9. The molecule has 0 saturated heterocycles. The third-order valence-electron chi connectivity index (χ3n) is 2.81. The molecule has 0 radical (unpaired) electrons. The number of rotatable bonds is 6. The molecule has 2 N–H and O–H groups in total. The maximum absolute atomic E-state index is 11.9. The average Bonchev–Trinajstić information content (AvgIpc) is 3.08. The molecule has 1 unspecified atom stereocenters. The molecule has 0 bridgehead atoms. The third kappa shape index (κ3) is 6.38. The van der Waals surface area contributed by atoms with Crippen molar-refractivity contribution >= 4 is 16.8 Å². The monoisotopic (exact) mass is 273 g/mol. The fourth-order valence-corrected chi connectivity index (χ4v) is 2.33. The van der Waals surface area contributed by atoms with Crippen molar-refractivity contribution in [1.82, 2.24) is 10.6 Å². The molecule has 1 rings (SSSR count). The predicted octanol–water partition coefficient (Wildman–Crippen LogP) is 1.50. The van der Waals surface area contributed by atoms with Crippen molar-refractivity contribution in [3.8, 4) is 0 Å². The largest absolute Gasteiger partial charge is 0.357 e. The maximum atomic E-state index is 11.9. The first kappa shape index (κ1) is 15.5. The summed E-state index contributed by atoms with van der Waals surface area (Å²) in [6.07, 6.45) is 2.63. The first-order chi connectivity index (χ1) is 8.43. The normalized spacial score (nSPS) is 18.6. The summed E-state index contributed by atoms with van der Waals surface area (Å²) in [5.41, 5.74) is 0. The van der Waals surface area contributed by atoms with Gasteiger partial charge >= 0.3 is 0 Å². The Kier molecular flexibility index (Phi) is 6.12. The van der Waals surface area contributed by atoms with Crippen LogP contribution < -0.4 is 10.6 Å². The molecule has 1 aliphatic carbocycles. The highest BCUT2D eigenvalue weighted by Gasteiger charge is 2.21. The van der Waals surface area contributed by atoms with E-state index >= 15 is 0 Å². The van der Waals surface area contributed by atoms with Crippen molar-refractivity contribution in [1.29, 1.82) is 0 Å². The van der Waals surface area contributed by atoms with Crippen molar-refractivity contribution in [2.75, 3.05) is 25.4 Å². The molecule has 4 nitrogen and oxygen atoms in total. The van der Waals surface area contributed by atoms with Crippen LogP contribution >= 0.6 is 0 Å². The fraction of sp³-hybridized carbons (Fsp3) is 0.923. The molecule has 0 aromatic carbocycles. The van der Waals surface area contributed by atoms with Crippen molar-refractivity contribution in [3.63, 3.8) is 0 Å². The van der Waals surface area contributed by atoms with E-state index in [1.807, 2.05) is 20.8 Å². The number of nitrogens with zero attached hydrogens (tertiary/aromatic N) is 1. The number of hydrogen-bond acceptors (Lipinski definition) is 2. The van der Waals surface area contributed by atoms with Crippen LogP contribution in [0.15, 0.2) is 4.99 Å². The Balaban J connectivity index is 2.28. The molecule has 0 aromatic rings. The molecule has 0 spiro atoms. The van der Waals surface area contributed by atoms with Crippen LogP contribution in [0.4, 0.5) is 0 Å². The van der Waals surface area contributed by atoms with Crippen molar-refractivity contribution in [3.05, 3.63) is 0 Å². The lowest BCUT2D eigenvalue weighted by atomic mass is 10.3. The first-order valence-electron chi connectivity index (χ1n) is 6.84. The van der Waals surface area contributed by atoms with E-state index in [2.05, 4.69) is 22.5 Å². The van der Waals surface area contributed by atoms with Crippen molar-refractivity contribution < 1.29 is 4.21 Å².